The normalized spacial score (nSPS) is 22.7. The molecule has 2 saturated heterocycles. The fourth-order valence-electron chi connectivity index (χ4n) is 3.78. The molecule has 0 saturated carbocycles. The summed E-state index contributed by atoms with van der Waals surface area (Å²) in [6.07, 6.45) is 6.52. The first-order chi connectivity index (χ1) is 12.6. The van der Waals surface area contributed by atoms with Crippen molar-refractivity contribution in [1.29, 1.82) is 0 Å². The summed E-state index contributed by atoms with van der Waals surface area (Å²) in [5.41, 5.74) is 0.979. The maximum atomic E-state index is 13.2. The highest BCUT2D eigenvalue weighted by atomic mass is 35.5. The molecule has 0 aliphatic carbocycles. The number of hydrogen-bond donors (Lipinski definition) is 0. The van der Waals surface area contributed by atoms with Crippen LogP contribution in [-0.2, 0) is 14.8 Å². The molecular weight excluding hydrogens is 374 g/mol. The van der Waals surface area contributed by atoms with Crippen LogP contribution >= 0.6 is 11.6 Å². The zero-order valence-electron chi connectivity index (χ0n) is 14.4. The summed E-state index contributed by atoms with van der Waals surface area (Å²) in [6.45, 7) is 1.91. The molecule has 2 aliphatic rings. The summed E-state index contributed by atoms with van der Waals surface area (Å²) in [5, 5.41) is 4.98. The molecule has 8 heteroatoms. The van der Waals surface area contributed by atoms with Crippen LogP contribution in [0, 0.1) is 0 Å². The van der Waals surface area contributed by atoms with Crippen LogP contribution in [0.2, 0.25) is 5.02 Å². The molecule has 1 atom stereocenters. The Morgan fingerprint density at radius 3 is 2.58 bits per heavy atom. The largest absolute Gasteiger partial charge is 0.381 e. The van der Waals surface area contributed by atoms with E-state index in [9.17, 15) is 8.42 Å². The topological polar surface area (TPSA) is 64.4 Å². The molecule has 26 heavy (non-hydrogen) atoms. The lowest BCUT2D eigenvalue weighted by atomic mass is 10.1. The Bertz CT molecular complexity index is 860. The Labute approximate surface area is 158 Å². The number of benzene rings is 1. The fourth-order valence-corrected chi connectivity index (χ4v) is 5.53. The van der Waals surface area contributed by atoms with Crippen LogP contribution in [0.4, 0.5) is 0 Å². The molecule has 2 aromatic rings. The van der Waals surface area contributed by atoms with Gasteiger partial charge in [-0.05, 0) is 43.4 Å². The minimum atomic E-state index is -3.58. The van der Waals surface area contributed by atoms with E-state index in [0.717, 1.165) is 31.2 Å². The van der Waals surface area contributed by atoms with E-state index in [4.69, 9.17) is 16.3 Å². The van der Waals surface area contributed by atoms with Gasteiger partial charge in [-0.3, -0.25) is 4.68 Å². The van der Waals surface area contributed by atoms with Crippen molar-refractivity contribution >= 4 is 21.6 Å². The van der Waals surface area contributed by atoms with Gasteiger partial charge >= 0.3 is 0 Å². The molecule has 3 heterocycles. The first-order valence-corrected chi connectivity index (χ1v) is 10.8. The molecule has 0 bridgehead atoms. The molecule has 2 aliphatic heterocycles. The van der Waals surface area contributed by atoms with Gasteiger partial charge in [0.1, 0.15) is 4.90 Å². The number of halogens is 1. The van der Waals surface area contributed by atoms with Gasteiger partial charge in [0.05, 0.1) is 18.3 Å². The molecule has 4 rings (SSSR count). The third kappa shape index (κ3) is 3.41. The van der Waals surface area contributed by atoms with Gasteiger partial charge in [-0.15, -0.1) is 0 Å². The lowest BCUT2D eigenvalue weighted by molar-refractivity contribution is 0.0662. The standard InChI is InChI=1S/C18H22ClN3O3S/c19-15-5-3-14(4-6-15)18-2-1-9-22(18)26(23,24)17-12-20-21(13-17)16-7-10-25-11-8-16/h3-6,12-13,16,18H,1-2,7-11H2. The van der Waals surface area contributed by atoms with E-state index in [2.05, 4.69) is 5.10 Å². The van der Waals surface area contributed by atoms with Crippen molar-refractivity contribution < 1.29 is 13.2 Å². The first-order valence-electron chi connectivity index (χ1n) is 8.95. The maximum Gasteiger partial charge on any atom is 0.246 e. The van der Waals surface area contributed by atoms with E-state index >= 15 is 0 Å². The van der Waals surface area contributed by atoms with Crippen molar-refractivity contribution in [3.05, 3.63) is 47.2 Å². The predicted molar refractivity (Wildman–Crippen MR) is 98.6 cm³/mol. The second-order valence-corrected chi connectivity index (χ2v) is 9.15. The second-order valence-electron chi connectivity index (χ2n) is 6.82. The molecule has 0 amide bonds. The van der Waals surface area contributed by atoms with Crippen molar-refractivity contribution in [2.24, 2.45) is 0 Å². The molecule has 140 valence electrons. The van der Waals surface area contributed by atoms with Gasteiger partial charge < -0.3 is 4.74 Å². The molecule has 2 fully saturated rings. The zero-order valence-corrected chi connectivity index (χ0v) is 16.0. The van der Waals surface area contributed by atoms with Crippen molar-refractivity contribution in [3.8, 4) is 0 Å². The Kier molecular flexibility index (Phi) is 5.05. The highest BCUT2D eigenvalue weighted by Gasteiger charge is 2.37. The highest BCUT2D eigenvalue weighted by molar-refractivity contribution is 7.89. The Balaban J connectivity index is 1.59. The van der Waals surface area contributed by atoms with Crippen LogP contribution in [-0.4, -0.2) is 42.3 Å². The molecule has 0 N–H and O–H groups in total. The minimum Gasteiger partial charge on any atom is -0.381 e. The monoisotopic (exact) mass is 395 g/mol. The van der Waals surface area contributed by atoms with Crippen LogP contribution in [0.3, 0.4) is 0 Å². The number of rotatable bonds is 4. The molecule has 0 radical (unpaired) electrons. The fraction of sp³-hybridized carbons (Fsp3) is 0.500. The molecule has 0 spiro atoms. The highest BCUT2D eigenvalue weighted by Crippen LogP contribution is 2.37. The number of ether oxygens (including phenoxy) is 1. The summed E-state index contributed by atoms with van der Waals surface area (Å²) in [5.74, 6) is 0. The van der Waals surface area contributed by atoms with Gasteiger partial charge in [0.2, 0.25) is 10.0 Å². The van der Waals surface area contributed by atoms with Gasteiger partial charge in [0, 0.05) is 31.0 Å². The smallest absolute Gasteiger partial charge is 0.246 e. The summed E-state index contributed by atoms with van der Waals surface area (Å²) in [7, 11) is -3.58. The van der Waals surface area contributed by atoms with Crippen LogP contribution in [0.25, 0.3) is 0 Å². The quantitative estimate of drug-likeness (QED) is 0.795. The average molecular weight is 396 g/mol. The zero-order chi connectivity index (χ0) is 18.1. The predicted octanol–water partition coefficient (Wildman–Crippen LogP) is 3.41. The van der Waals surface area contributed by atoms with E-state index in [0.29, 0.717) is 24.8 Å². The van der Waals surface area contributed by atoms with Crippen molar-refractivity contribution in [1.82, 2.24) is 14.1 Å². The summed E-state index contributed by atoms with van der Waals surface area (Å²) in [6, 6.07) is 7.49. The van der Waals surface area contributed by atoms with E-state index in [-0.39, 0.29) is 17.0 Å². The molecule has 1 unspecified atom stereocenters. The van der Waals surface area contributed by atoms with E-state index in [1.54, 1.807) is 15.2 Å². The summed E-state index contributed by atoms with van der Waals surface area (Å²) in [4.78, 5) is 0.268. The average Bonchev–Trinajstić information content (AvgIpc) is 3.33. The Morgan fingerprint density at radius 1 is 1.12 bits per heavy atom. The van der Waals surface area contributed by atoms with Gasteiger partial charge in [-0.25, -0.2) is 8.42 Å². The Hall–Kier alpha value is -1.41. The van der Waals surface area contributed by atoms with Crippen LogP contribution in [0.5, 0.6) is 0 Å². The number of sulfonamides is 1. The van der Waals surface area contributed by atoms with Crippen LogP contribution < -0.4 is 0 Å². The number of nitrogens with zero attached hydrogens (tertiary/aromatic N) is 3. The van der Waals surface area contributed by atoms with Gasteiger partial charge in [0.25, 0.3) is 0 Å². The SMILES string of the molecule is O=S(=O)(c1cnn(C2CCOCC2)c1)N1CCCC1c1ccc(Cl)cc1. The summed E-state index contributed by atoms with van der Waals surface area (Å²) < 4.78 is 35.2. The van der Waals surface area contributed by atoms with E-state index in [1.165, 1.54) is 6.20 Å². The van der Waals surface area contributed by atoms with E-state index in [1.807, 2.05) is 24.3 Å². The lowest BCUT2D eigenvalue weighted by Gasteiger charge is -2.24. The summed E-state index contributed by atoms with van der Waals surface area (Å²) >= 11 is 5.97. The van der Waals surface area contributed by atoms with Gasteiger partial charge in [-0.2, -0.15) is 9.40 Å². The van der Waals surface area contributed by atoms with Crippen molar-refractivity contribution in [3.63, 3.8) is 0 Å². The van der Waals surface area contributed by atoms with Crippen molar-refractivity contribution in [2.75, 3.05) is 19.8 Å². The minimum absolute atomic E-state index is 0.149. The van der Waals surface area contributed by atoms with E-state index < -0.39 is 10.0 Å². The van der Waals surface area contributed by atoms with Crippen molar-refractivity contribution in [2.45, 2.75) is 42.7 Å². The molecule has 6 nitrogen and oxygen atoms in total. The first kappa shape index (κ1) is 18.0. The second kappa shape index (κ2) is 7.31. The van der Waals surface area contributed by atoms with Crippen LogP contribution in [0.1, 0.15) is 43.3 Å². The Morgan fingerprint density at radius 2 is 1.85 bits per heavy atom. The van der Waals surface area contributed by atoms with Gasteiger partial charge in [-0.1, -0.05) is 23.7 Å². The third-order valence-electron chi connectivity index (χ3n) is 5.21. The number of hydrogen-bond acceptors (Lipinski definition) is 4. The molecular formula is C18H22ClN3O3S. The van der Waals surface area contributed by atoms with Gasteiger partial charge in [0.15, 0.2) is 0 Å². The molecule has 1 aromatic heterocycles. The maximum absolute atomic E-state index is 13.2. The number of aromatic nitrogens is 2. The van der Waals surface area contributed by atoms with Crippen LogP contribution in [0.15, 0.2) is 41.6 Å². The third-order valence-corrected chi connectivity index (χ3v) is 7.32. The lowest BCUT2D eigenvalue weighted by Crippen LogP contribution is -2.30. The molecule has 1 aromatic carbocycles.